The lowest BCUT2D eigenvalue weighted by atomic mass is 10.0. The summed E-state index contributed by atoms with van der Waals surface area (Å²) in [6.07, 6.45) is 0.102. The molecule has 1 unspecified atom stereocenters. The van der Waals surface area contributed by atoms with Crippen LogP contribution in [0.3, 0.4) is 0 Å². The molecule has 1 heterocycles. The molecule has 110 valence electrons. The van der Waals surface area contributed by atoms with E-state index in [1.165, 1.54) is 6.07 Å². The molecule has 7 heteroatoms. The summed E-state index contributed by atoms with van der Waals surface area (Å²) in [5, 5.41) is 8.15. The van der Waals surface area contributed by atoms with E-state index in [9.17, 15) is 13.2 Å². The summed E-state index contributed by atoms with van der Waals surface area (Å²) in [5.41, 5.74) is 6.41. The summed E-state index contributed by atoms with van der Waals surface area (Å²) in [7, 11) is -3.47. The van der Waals surface area contributed by atoms with Gasteiger partial charge in [-0.1, -0.05) is 18.2 Å². The van der Waals surface area contributed by atoms with Crippen LogP contribution in [0.2, 0.25) is 0 Å². The largest absolute Gasteiger partial charge is 0.481 e. The smallest absolute Gasteiger partial charge is 0.303 e. The summed E-state index contributed by atoms with van der Waals surface area (Å²) in [6, 6.07) is 5.88. The Bertz CT molecular complexity index is 595. The van der Waals surface area contributed by atoms with Gasteiger partial charge in [-0.3, -0.25) is 4.79 Å². The van der Waals surface area contributed by atoms with E-state index in [0.717, 1.165) is 0 Å². The van der Waals surface area contributed by atoms with Crippen LogP contribution in [-0.2, 0) is 19.4 Å². The zero-order valence-corrected chi connectivity index (χ0v) is 11.7. The SMILES string of the molecule is NC(CCC(=O)O)c1ccccc1S(=O)(=O)C1COC1. The van der Waals surface area contributed by atoms with Crippen molar-refractivity contribution in [2.75, 3.05) is 13.2 Å². The lowest BCUT2D eigenvalue weighted by Crippen LogP contribution is -2.41. The number of nitrogens with two attached hydrogens (primary N) is 1. The van der Waals surface area contributed by atoms with Crippen LogP contribution in [0, 0.1) is 0 Å². The first-order valence-corrected chi connectivity index (χ1v) is 7.85. The van der Waals surface area contributed by atoms with Crippen molar-refractivity contribution in [3.63, 3.8) is 0 Å². The average Bonchev–Trinajstić information content (AvgIpc) is 2.33. The predicted octanol–water partition coefficient (Wildman–Crippen LogP) is 0.724. The summed E-state index contributed by atoms with van der Waals surface area (Å²) in [6.45, 7) is 0.391. The van der Waals surface area contributed by atoms with Gasteiger partial charge in [-0.25, -0.2) is 8.42 Å². The van der Waals surface area contributed by atoms with Crippen molar-refractivity contribution in [2.45, 2.75) is 29.0 Å². The second-order valence-electron chi connectivity index (χ2n) is 4.78. The summed E-state index contributed by atoms with van der Waals surface area (Å²) >= 11 is 0. The van der Waals surface area contributed by atoms with Gasteiger partial charge in [0.2, 0.25) is 0 Å². The number of aliphatic carboxylic acids is 1. The van der Waals surface area contributed by atoms with Gasteiger partial charge in [0.25, 0.3) is 0 Å². The number of benzene rings is 1. The molecule has 1 aliphatic rings. The van der Waals surface area contributed by atoms with Crippen molar-refractivity contribution in [3.8, 4) is 0 Å². The number of rotatable bonds is 6. The molecule has 0 radical (unpaired) electrons. The van der Waals surface area contributed by atoms with Gasteiger partial charge in [-0.15, -0.1) is 0 Å². The van der Waals surface area contributed by atoms with Gasteiger partial charge in [0, 0.05) is 12.5 Å². The van der Waals surface area contributed by atoms with E-state index in [2.05, 4.69) is 0 Å². The molecule has 0 bridgehead atoms. The molecule has 0 saturated carbocycles. The second-order valence-corrected chi connectivity index (χ2v) is 6.98. The van der Waals surface area contributed by atoms with Crippen LogP contribution < -0.4 is 5.73 Å². The van der Waals surface area contributed by atoms with Crippen molar-refractivity contribution in [2.24, 2.45) is 5.73 Å². The molecule has 1 saturated heterocycles. The van der Waals surface area contributed by atoms with Crippen LogP contribution in [0.4, 0.5) is 0 Å². The maximum Gasteiger partial charge on any atom is 0.303 e. The zero-order valence-electron chi connectivity index (χ0n) is 10.9. The van der Waals surface area contributed by atoms with Gasteiger partial charge in [0.1, 0.15) is 5.25 Å². The average molecular weight is 299 g/mol. The molecule has 0 spiro atoms. The minimum atomic E-state index is -3.47. The van der Waals surface area contributed by atoms with E-state index in [1.54, 1.807) is 18.2 Å². The van der Waals surface area contributed by atoms with Crippen LogP contribution in [-0.4, -0.2) is 38.0 Å². The highest BCUT2D eigenvalue weighted by Gasteiger charge is 2.35. The molecule has 1 aliphatic heterocycles. The molecular weight excluding hydrogens is 282 g/mol. The Kier molecular flexibility index (Phi) is 4.42. The Morgan fingerprint density at radius 2 is 2.05 bits per heavy atom. The fourth-order valence-corrected chi connectivity index (χ4v) is 3.78. The summed E-state index contributed by atoms with van der Waals surface area (Å²) in [4.78, 5) is 10.8. The van der Waals surface area contributed by atoms with Crippen molar-refractivity contribution < 1.29 is 23.1 Å². The Balaban J connectivity index is 2.28. The lowest BCUT2D eigenvalue weighted by molar-refractivity contribution is -0.137. The zero-order chi connectivity index (χ0) is 14.8. The third-order valence-corrected chi connectivity index (χ3v) is 5.48. The molecule has 1 aromatic carbocycles. The number of hydrogen-bond acceptors (Lipinski definition) is 5. The summed E-state index contributed by atoms with van der Waals surface area (Å²) in [5.74, 6) is -0.951. The molecule has 2 rings (SSSR count). The number of carboxylic acid groups (broad SMARTS) is 1. The third-order valence-electron chi connectivity index (χ3n) is 3.34. The molecule has 6 nitrogen and oxygen atoms in total. The minimum Gasteiger partial charge on any atom is -0.481 e. The van der Waals surface area contributed by atoms with Crippen LogP contribution >= 0.6 is 0 Å². The van der Waals surface area contributed by atoms with Gasteiger partial charge < -0.3 is 15.6 Å². The van der Waals surface area contributed by atoms with E-state index in [0.29, 0.717) is 5.56 Å². The maximum atomic E-state index is 12.4. The molecule has 0 aliphatic carbocycles. The Labute approximate surface area is 117 Å². The highest BCUT2D eigenvalue weighted by atomic mass is 32.2. The molecule has 0 aromatic heterocycles. The van der Waals surface area contributed by atoms with Gasteiger partial charge in [-0.05, 0) is 18.1 Å². The van der Waals surface area contributed by atoms with E-state index in [-0.39, 0.29) is 31.0 Å². The Hall–Kier alpha value is -1.44. The van der Waals surface area contributed by atoms with Crippen LogP contribution in [0.15, 0.2) is 29.2 Å². The number of ether oxygens (including phenoxy) is 1. The Morgan fingerprint density at radius 3 is 2.60 bits per heavy atom. The first-order chi connectivity index (χ1) is 9.43. The first kappa shape index (κ1) is 15.0. The molecule has 1 fully saturated rings. The normalized spacial score (nSPS) is 17.4. The minimum absolute atomic E-state index is 0.0952. The van der Waals surface area contributed by atoms with E-state index in [4.69, 9.17) is 15.6 Å². The van der Waals surface area contributed by atoms with Gasteiger partial charge in [0.05, 0.1) is 18.1 Å². The highest BCUT2D eigenvalue weighted by Crippen LogP contribution is 2.29. The van der Waals surface area contributed by atoms with Crippen LogP contribution in [0.25, 0.3) is 0 Å². The van der Waals surface area contributed by atoms with Gasteiger partial charge in [0.15, 0.2) is 9.84 Å². The number of hydrogen-bond donors (Lipinski definition) is 2. The molecule has 0 amide bonds. The molecular formula is C13H17NO5S. The van der Waals surface area contributed by atoms with Gasteiger partial charge >= 0.3 is 5.97 Å². The number of sulfone groups is 1. The maximum absolute atomic E-state index is 12.4. The highest BCUT2D eigenvalue weighted by molar-refractivity contribution is 7.92. The second kappa shape index (κ2) is 5.90. The molecule has 1 aromatic rings. The fourth-order valence-electron chi connectivity index (χ4n) is 2.05. The van der Waals surface area contributed by atoms with Crippen molar-refractivity contribution >= 4 is 15.8 Å². The lowest BCUT2D eigenvalue weighted by Gasteiger charge is -2.27. The monoisotopic (exact) mass is 299 g/mol. The fraction of sp³-hybridized carbons (Fsp3) is 0.462. The van der Waals surface area contributed by atoms with Crippen LogP contribution in [0.5, 0.6) is 0 Å². The Morgan fingerprint density at radius 1 is 1.40 bits per heavy atom. The number of carboxylic acids is 1. The molecule has 1 atom stereocenters. The quantitative estimate of drug-likeness (QED) is 0.801. The van der Waals surface area contributed by atoms with Crippen molar-refractivity contribution in [1.29, 1.82) is 0 Å². The topological polar surface area (TPSA) is 107 Å². The van der Waals surface area contributed by atoms with Crippen molar-refractivity contribution in [3.05, 3.63) is 29.8 Å². The predicted molar refractivity (Wildman–Crippen MR) is 72.0 cm³/mol. The number of carbonyl (C=O) groups is 1. The van der Waals surface area contributed by atoms with Gasteiger partial charge in [-0.2, -0.15) is 0 Å². The molecule has 3 N–H and O–H groups in total. The summed E-state index contributed by atoms with van der Waals surface area (Å²) < 4.78 is 29.8. The van der Waals surface area contributed by atoms with E-state index >= 15 is 0 Å². The van der Waals surface area contributed by atoms with Crippen LogP contribution in [0.1, 0.15) is 24.4 Å². The van der Waals surface area contributed by atoms with E-state index in [1.807, 2.05) is 0 Å². The van der Waals surface area contributed by atoms with E-state index < -0.39 is 27.1 Å². The molecule has 20 heavy (non-hydrogen) atoms. The third kappa shape index (κ3) is 3.00. The van der Waals surface area contributed by atoms with Crippen molar-refractivity contribution in [1.82, 2.24) is 0 Å². The first-order valence-electron chi connectivity index (χ1n) is 6.31. The standard InChI is InChI=1S/C13H17NO5S/c14-11(5-6-13(15)16)10-3-1-2-4-12(10)20(17,18)9-7-19-8-9/h1-4,9,11H,5-8,14H2,(H,15,16).